The SMILES string of the molecule is CCCCCn1nc(CC(C)C)nc1Cc1ccc(-c2ncccc2C(=O)O)cc1. The molecule has 2 aromatic heterocycles. The van der Waals surface area contributed by atoms with Crippen molar-refractivity contribution < 1.29 is 9.90 Å². The van der Waals surface area contributed by atoms with Crippen LogP contribution in [0.3, 0.4) is 0 Å². The molecule has 30 heavy (non-hydrogen) atoms. The van der Waals surface area contributed by atoms with Gasteiger partial charge in [0.15, 0.2) is 5.82 Å². The Labute approximate surface area is 178 Å². The van der Waals surface area contributed by atoms with Crippen molar-refractivity contribution in [1.82, 2.24) is 19.7 Å². The van der Waals surface area contributed by atoms with Crippen LogP contribution in [0, 0.1) is 5.92 Å². The summed E-state index contributed by atoms with van der Waals surface area (Å²) in [4.78, 5) is 20.5. The van der Waals surface area contributed by atoms with Gasteiger partial charge in [-0.1, -0.05) is 57.9 Å². The number of aromatic nitrogens is 4. The number of rotatable bonds is 10. The highest BCUT2D eigenvalue weighted by Gasteiger charge is 2.14. The average Bonchev–Trinajstić information content (AvgIpc) is 3.09. The van der Waals surface area contributed by atoms with E-state index in [0.29, 0.717) is 18.0 Å². The highest BCUT2D eigenvalue weighted by molar-refractivity contribution is 5.94. The molecule has 2 heterocycles. The van der Waals surface area contributed by atoms with Crippen LogP contribution in [0.25, 0.3) is 11.3 Å². The Morgan fingerprint density at radius 3 is 2.57 bits per heavy atom. The third-order valence-electron chi connectivity index (χ3n) is 4.98. The lowest BCUT2D eigenvalue weighted by atomic mass is 10.0. The van der Waals surface area contributed by atoms with Gasteiger partial charge in [-0.05, 0) is 30.0 Å². The van der Waals surface area contributed by atoms with Crippen molar-refractivity contribution in [2.24, 2.45) is 5.92 Å². The summed E-state index contributed by atoms with van der Waals surface area (Å²) in [5.41, 5.74) is 2.60. The smallest absolute Gasteiger partial charge is 0.337 e. The van der Waals surface area contributed by atoms with Crippen molar-refractivity contribution in [3.63, 3.8) is 0 Å². The second-order valence-electron chi connectivity index (χ2n) is 8.05. The third-order valence-corrected chi connectivity index (χ3v) is 4.98. The van der Waals surface area contributed by atoms with Crippen LogP contribution in [0.1, 0.15) is 67.6 Å². The Hall–Kier alpha value is -3.02. The molecule has 3 rings (SSSR count). The van der Waals surface area contributed by atoms with Gasteiger partial charge in [-0.3, -0.25) is 4.98 Å². The number of carbonyl (C=O) groups is 1. The maximum absolute atomic E-state index is 11.5. The second-order valence-corrected chi connectivity index (χ2v) is 8.05. The van der Waals surface area contributed by atoms with Gasteiger partial charge in [0.05, 0.1) is 11.3 Å². The molecule has 0 spiro atoms. The van der Waals surface area contributed by atoms with E-state index in [2.05, 4.69) is 30.4 Å². The molecular formula is C24H30N4O2. The van der Waals surface area contributed by atoms with E-state index in [-0.39, 0.29) is 5.56 Å². The quantitative estimate of drug-likeness (QED) is 0.478. The molecule has 0 unspecified atom stereocenters. The Morgan fingerprint density at radius 1 is 1.13 bits per heavy atom. The molecule has 158 valence electrons. The minimum absolute atomic E-state index is 0.208. The molecule has 0 aliphatic carbocycles. The summed E-state index contributed by atoms with van der Waals surface area (Å²) in [6, 6.07) is 11.1. The fraction of sp³-hybridized carbons (Fsp3) is 0.417. The summed E-state index contributed by atoms with van der Waals surface area (Å²) in [6.07, 6.45) is 6.66. The van der Waals surface area contributed by atoms with Crippen LogP contribution in [0.5, 0.6) is 0 Å². The normalized spacial score (nSPS) is 11.2. The first-order valence-corrected chi connectivity index (χ1v) is 10.7. The van der Waals surface area contributed by atoms with Crippen molar-refractivity contribution in [3.8, 4) is 11.3 Å². The standard InChI is InChI=1S/C24H30N4O2/c1-4-5-6-14-28-22(26-21(27-28)15-17(2)3)16-18-9-11-19(12-10-18)23-20(24(29)30)8-7-13-25-23/h7-13,17H,4-6,14-16H2,1-3H3,(H,29,30). The van der Waals surface area contributed by atoms with Crippen molar-refractivity contribution >= 4 is 5.97 Å². The lowest BCUT2D eigenvalue weighted by molar-refractivity contribution is 0.0697. The molecule has 1 aromatic carbocycles. The number of benzene rings is 1. The Morgan fingerprint density at radius 2 is 1.90 bits per heavy atom. The van der Waals surface area contributed by atoms with Gasteiger partial charge in [0.25, 0.3) is 0 Å². The highest BCUT2D eigenvalue weighted by Crippen LogP contribution is 2.22. The molecular weight excluding hydrogens is 376 g/mol. The number of carboxylic acid groups (broad SMARTS) is 1. The van der Waals surface area contributed by atoms with E-state index in [1.165, 1.54) is 12.8 Å². The molecule has 0 saturated carbocycles. The van der Waals surface area contributed by atoms with E-state index in [1.807, 2.05) is 24.3 Å². The molecule has 6 nitrogen and oxygen atoms in total. The average molecular weight is 407 g/mol. The monoisotopic (exact) mass is 406 g/mol. The molecule has 0 amide bonds. The van der Waals surface area contributed by atoms with Crippen LogP contribution in [0.2, 0.25) is 0 Å². The zero-order chi connectivity index (χ0) is 21.5. The van der Waals surface area contributed by atoms with Crippen LogP contribution in [0.4, 0.5) is 0 Å². The molecule has 1 N–H and O–H groups in total. The van der Waals surface area contributed by atoms with E-state index in [0.717, 1.165) is 42.2 Å². The summed E-state index contributed by atoms with van der Waals surface area (Å²) in [7, 11) is 0. The van der Waals surface area contributed by atoms with Gasteiger partial charge < -0.3 is 5.11 Å². The predicted octanol–water partition coefficient (Wildman–Crippen LogP) is 5.02. The van der Waals surface area contributed by atoms with E-state index >= 15 is 0 Å². The molecule has 0 aliphatic rings. The lowest BCUT2D eigenvalue weighted by Gasteiger charge is -2.08. The maximum Gasteiger partial charge on any atom is 0.337 e. The summed E-state index contributed by atoms with van der Waals surface area (Å²) in [5.74, 6) is 1.44. The minimum atomic E-state index is -0.972. The number of unbranched alkanes of at least 4 members (excludes halogenated alkanes) is 2. The number of nitrogens with zero attached hydrogens (tertiary/aromatic N) is 4. The van der Waals surface area contributed by atoms with Gasteiger partial charge in [0, 0.05) is 31.1 Å². The molecule has 6 heteroatoms. The first-order valence-electron chi connectivity index (χ1n) is 10.7. The topological polar surface area (TPSA) is 80.9 Å². The van der Waals surface area contributed by atoms with Gasteiger partial charge in [-0.2, -0.15) is 5.10 Å². The van der Waals surface area contributed by atoms with E-state index < -0.39 is 5.97 Å². The summed E-state index contributed by atoms with van der Waals surface area (Å²) >= 11 is 0. The van der Waals surface area contributed by atoms with Gasteiger partial charge >= 0.3 is 5.97 Å². The molecule has 0 fully saturated rings. The first-order chi connectivity index (χ1) is 14.5. The zero-order valence-electron chi connectivity index (χ0n) is 18.0. The highest BCUT2D eigenvalue weighted by atomic mass is 16.4. The van der Waals surface area contributed by atoms with Crippen molar-refractivity contribution in [2.45, 2.75) is 59.4 Å². The van der Waals surface area contributed by atoms with E-state index in [1.54, 1.807) is 18.3 Å². The largest absolute Gasteiger partial charge is 0.478 e. The molecule has 0 saturated heterocycles. The Kier molecular flexibility index (Phi) is 7.33. The zero-order valence-corrected chi connectivity index (χ0v) is 18.0. The Bertz CT molecular complexity index is 977. The van der Waals surface area contributed by atoms with E-state index in [9.17, 15) is 9.90 Å². The Balaban J connectivity index is 1.81. The van der Waals surface area contributed by atoms with Crippen molar-refractivity contribution in [1.29, 1.82) is 0 Å². The third kappa shape index (κ3) is 5.53. The molecule has 0 bridgehead atoms. The van der Waals surface area contributed by atoms with E-state index in [4.69, 9.17) is 10.1 Å². The summed E-state index contributed by atoms with van der Waals surface area (Å²) < 4.78 is 2.06. The van der Waals surface area contributed by atoms with Crippen LogP contribution in [0.15, 0.2) is 42.6 Å². The number of carboxylic acids is 1. The number of hydrogen-bond acceptors (Lipinski definition) is 4. The molecule has 3 aromatic rings. The lowest BCUT2D eigenvalue weighted by Crippen LogP contribution is -2.07. The molecule has 0 radical (unpaired) electrons. The minimum Gasteiger partial charge on any atom is -0.478 e. The van der Waals surface area contributed by atoms with Gasteiger partial charge in [-0.15, -0.1) is 0 Å². The van der Waals surface area contributed by atoms with Crippen molar-refractivity contribution in [3.05, 3.63) is 65.4 Å². The van der Waals surface area contributed by atoms with Gasteiger partial charge in [-0.25, -0.2) is 14.5 Å². The summed E-state index contributed by atoms with van der Waals surface area (Å²) in [6.45, 7) is 7.45. The van der Waals surface area contributed by atoms with Crippen LogP contribution in [-0.4, -0.2) is 30.8 Å². The molecule has 0 aliphatic heterocycles. The number of aromatic carboxylic acids is 1. The maximum atomic E-state index is 11.5. The van der Waals surface area contributed by atoms with Crippen molar-refractivity contribution in [2.75, 3.05) is 0 Å². The predicted molar refractivity (Wildman–Crippen MR) is 118 cm³/mol. The second kappa shape index (κ2) is 10.1. The van der Waals surface area contributed by atoms with Gasteiger partial charge in [0.1, 0.15) is 5.82 Å². The fourth-order valence-corrected chi connectivity index (χ4v) is 3.47. The molecule has 0 atom stereocenters. The van der Waals surface area contributed by atoms with Gasteiger partial charge in [0.2, 0.25) is 0 Å². The first kappa shape index (κ1) is 21.7. The number of pyridine rings is 1. The fourth-order valence-electron chi connectivity index (χ4n) is 3.47. The van der Waals surface area contributed by atoms with Crippen LogP contribution < -0.4 is 0 Å². The number of hydrogen-bond donors (Lipinski definition) is 1. The number of aryl methyl sites for hydroxylation is 1. The van der Waals surface area contributed by atoms with Crippen LogP contribution >= 0.6 is 0 Å². The summed E-state index contributed by atoms with van der Waals surface area (Å²) in [5, 5.41) is 14.1. The van der Waals surface area contributed by atoms with Crippen LogP contribution in [-0.2, 0) is 19.4 Å².